The molecule has 21 heavy (non-hydrogen) atoms. The van der Waals surface area contributed by atoms with Gasteiger partial charge in [0, 0.05) is 6.42 Å². The lowest BCUT2D eigenvalue weighted by Gasteiger charge is -1.98. The Morgan fingerprint density at radius 2 is 1.43 bits per heavy atom. The molecule has 2 aromatic rings. The van der Waals surface area contributed by atoms with Gasteiger partial charge in [-0.25, -0.2) is 10.3 Å². The normalized spacial score (nSPS) is 9.19. The van der Waals surface area contributed by atoms with Gasteiger partial charge in [-0.2, -0.15) is 0 Å². The van der Waals surface area contributed by atoms with E-state index in [9.17, 15) is 9.59 Å². The number of carbonyl (C=O) groups is 2. The van der Waals surface area contributed by atoms with Gasteiger partial charge < -0.3 is 5.11 Å². The number of hydrogen-bond acceptors (Lipinski definition) is 3. The molecule has 0 bridgehead atoms. The molecular weight excluding hydrogens is 270 g/mol. The number of benzene rings is 2. The van der Waals surface area contributed by atoms with Crippen LogP contribution in [0, 0.1) is 0 Å². The summed E-state index contributed by atoms with van der Waals surface area (Å²) >= 11 is 0. The third-order valence-electron chi connectivity index (χ3n) is 2.63. The number of hydroxylamine groups is 1. The summed E-state index contributed by atoms with van der Waals surface area (Å²) in [5.74, 6) is -1.23. The zero-order chi connectivity index (χ0) is 15.5. The van der Waals surface area contributed by atoms with Crippen LogP contribution in [-0.4, -0.2) is 22.2 Å². The fourth-order valence-corrected chi connectivity index (χ4v) is 1.54. The van der Waals surface area contributed by atoms with E-state index < -0.39 is 5.97 Å². The predicted molar refractivity (Wildman–Crippen MR) is 78.1 cm³/mol. The summed E-state index contributed by atoms with van der Waals surface area (Å²) < 4.78 is 0. The molecule has 0 radical (unpaired) electrons. The van der Waals surface area contributed by atoms with Crippen molar-refractivity contribution in [3.63, 3.8) is 0 Å². The van der Waals surface area contributed by atoms with Gasteiger partial charge in [-0.3, -0.25) is 10.0 Å². The Morgan fingerprint density at radius 3 is 1.86 bits per heavy atom. The summed E-state index contributed by atoms with van der Waals surface area (Å²) in [4.78, 5) is 20.8. The fraction of sp³-hybridized carbons (Fsp3) is 0.125. The van der Waals surface area contributed by atoms with E-state index in [1.807, 2.05) is 30.3 Å². The zero-order valence-corrected chi connectivity index (χ0v) is 11.4. The molecule has 0 aliphatic heterocycles. The van der Waals surface area contributed by atoms with E-state index in [1.165, 1.54) is 0 Å². The van der Waals surface area contributed by atoms with Crippen molar-refractivity contribution in [1.82, 2.24) is 5.48 Å². The van der Waals surface area contributed by atoms with Crippen LogP contribution < -0.4 is 5.48 Å². The smallest absolute Gasteiger partial charge is 0.335 e. The molecule has 2 aromatic carbocycles. The molecule has 0 heterocycles. The fourth-order valence-electron chi connectivity index (χ4n) is 1.54. The molecule has 0 unspecified atom stereocenters. The number of carboxylic acid groups (broad SMARTS) is 1. The van der Waals surface area contributed by atoms with Gasteiger partial charge in [-0.15, -0.1) is 0 Å². The highest BCUT2D eigenvalue weighted by molar-refractivity contribution is 5.87. The van der Waals surface area contributed by atoms with Crippen LogP contribution in [0.15, 0.2) is 60.7 Å². The standard InChI is InChI=1S/C9H11NO2.C7H6O2/c11-9(10-12)7-6-8-4-2-1-3-5-8;8-7(9)6-4-2-1-3-5-6/h1-5,12H,6-7H2,(H,10,11);1-5H,(H,8,9). The number of aryl methyl sites for hydroxylation is 1. The Labute approximate surface area is 122 Å². The Hall–Kier alpha value is -2.66. The van der Waals surface area contributed by atoms with Crippen LogP contribution in [0.3, 0.4) is 0 Å². The first-order valence-corrected chi connectivity index (χ1v) is 6.38. The van der Waals surface area contributed by atoms with Crippen LogP contribution >= 0.6 is 0 Å². The number of aromatic carboxylic acids is 1. The maximum absolute atomic E-state index is 10.6. The van der Waals surface area contributed by atoms with E-state index in [4.69, 9.17) is 10.3 Å². The third-order valence-corrected chi connectivity index (χ3v) is 2.63. The summed E-state index contributed by atoms with van der Waals surface area (Å²) in [7, 11) is 0. The zero-order valence-electron chi connectivity index (χ0n) is 11.4. The summed E-state index contributed by atoms with van der Waals surface area (Å²) in [6.07, 6.45) is 0.980. The van der Waals surface area contributed by atoms with E-state index in [2.05, 4.69) is 0 Å². The first kappa shape index (κ1) is 16.4. The second-order valence-electron chi connectivity index (χ2n) is 4.19. The molecule has 2 rings (SSSR count). The van der Waals surface area contributed by atoms with Crippen molar-refractivity contribution in [2.24, 2.45) is 0 Å². The van der Waals surface area contributed by atoms with Crippen molar-refractivity contribution in [1.29, 1.82) is 0 Å². The SMILES string of the molecule is O=C(CCc1ccccc1)NO.O=C(O)c1ccccc1. The first-order chi connectivity index (χ1) is 10.1. The van der Waals surface area contributed by atoms with Crippen LogP contribution in [0.2, 0.25) is 0 Å². The molecule has 0 aromatic heterocycles. The number of nitrogens with one attached hydrogen (secondary N) is 1. The minimum atomic E-state index is -0.879. The van der Waals surface area contributed by atoms with E-state index in [0.29, 0.717) is 18.4 Å². The van der Waals surface area contributed by atoms with Crippen LogP contribution in [0.4, 0.5) is 0 Å². The summed E-state index contributed by atoms with van der Waals surface area (Å²) in [5.41, 5.74) is 3.03. The molecule has 5 heteroatoms. The minimum Gasteiger partial charge on any atom is -0.478 e. The van der Waals surface area contributed by atoms with E-state index in [-0.39, 0.29) is 5.91 Å². The lowest BCUT2D eigenvalue weighted by atomic mass is 10.1. The topological polar surface area (TPSA) is 86.6 Å². The van der Waals surface area contributed by atoms with Gasteiger partial charge in [0.2, 0.25) is 5.91 Å². The summed E-state index contributed by atoms with van der Waals surface area (Å²) in [6.45, 7) is 0. The highest BCUT2D eigenvalue weighted by Crippen LogP contribution is 2.01. The molecule has 0 spiro atoms. The second kappa shape index (κ2) is 9.28. The lowest BCUT2D eigenvalue weighted by Crippen LogP contribution is -2.18. The molecule has 3 N–H and O–H groups in total. The molecule has 0 saturated heterocycles. The Kier molecular flexibility index (Phi) is 7.24. The summed E-state index contributed by atoms with van der Waals surface area (Å²) in [5, 5.41) is 16.6. The van der Waals surface area contributed by atoms with Gasteiger partial charge >= 0.3 is 5.97 Å². The Bertz CT molecular complexity index is 555. The number of carbonyl (C=O) groups excluding carboxylic acids is 1. The van der Waals surface area contributed by atoms with Gasteiger partial charge in [0.05, 0.1) is 5.56 Å². The monoisotopic (exact) mass is 287 g/mol. The summed E-state index contributed by atoms with van der Waals surface area (Å²) in [6, 6.07) is 18.0. The Morgan fingerprint density at radius 1 is 0.905 bits per heavy atom. The molecule has 110 valence electrons. The minimum absolute atomic E-state index is 0.320. The van der Waals surface area contributed by atoms with Gasteiger partial charge in [0.1, 0.15) is 0 Å². The molecule has 0 fully saturated rings. The van der Waals surface area contributed by atoms with Crippen molar-refractivity contribution in [3.8, 4) is 0 Å². The van der Waals surface area contributed by atoms with Crippen molar-refractivity contribution in [3.05, 3.63) is 71.8 Å². The van der Waals surface area contributed by atoms with Crippen molar-refractivity contribution >= 4 is 11.9 Å². The lowest BCUT2D eigenvalue weighted by molar-refractivity contribution is -0.129. The number of amides is 1. The molecule has 0 saturated carbocycles. The van der Waals surface area contributed by atoms with E-state index >= 15 is 0 Å². The highest BCUT2D eigenvalue weighted by atomic mass is 16.5. The van der Waals surface area contributed by atoms with Gasteiger partial charge in [0.15, 0.2) is 0 Å². The number of hydrogen-bond donors (Lipinski definition) is 3. The van der Waals surface area contributed by atoms with Crippen LogP contribution in [0.5, 0.6) is 0 Å². The average Bonchev–Trinajstić information content (AvgIpc) is 2.55. The number of carboxylic acids is 1. The average molecular weight is 287 g/mol. The van der Waals surface area contributed by atoms with Crippen LogP contribution in [0.25, 0.3) is 0 Å². The molecule has 0 aliphatic carbocycles. The highest BCUT2D eigenvalue weighted by Gasteiger charge is 1.98. The molecule has 0 aliphatic rings. The first-order valence-electron chi connectivity index (χ1n) is 6.38. The Balaban J connectivity index is 0.000000219. The van der Waals surface area contributed by atoms with E-state index in [1.54, 1.807) is 35.8 Å². The molecule has 0 atom stereocenters. The van der Waals surface area contributed by atoms with E-state index in [0.717, 1.165) is 5.56 Å². The quantitative estimate of drug-likeness (QED) is 0.595. The van der Waals surface area contributed by atoms with Crippen LogP contribution in [0.1, 0.15) is 22.3 Å². The molecule has 5 nitrogen and oxygen atoms in total. The van der Waals surface area contributed by atoms with Gasteiger partial charge in [0.25, 0.3) is 0 Å². The third kappa shape index (κ3) is 6.89. The number of rotatable bonds is 4. The van der Waals surface area contributed by atoms with Crippen molar-refractivity contribution in [2.45, 2.75) is 12.8 Å². The maximum Gasteiger partial charge on any atom is 0.335 e. The van der Waals surface area contributed by atoms with Crippen molar-refractivity contribution < 1.29 is 19.9 Å². The largest absolute Gasteiger partial charge is 0.478 e. The van der Waals surface area contributed by atoms with Gasteiger partial charge in [-0.05, 0) is 24.1 Å². The predicted octanol–water partition coefficient (Wildman–Crippen LogP) is 2.51. The molecule has 1 amide bonds. The van der Waals surface area contributed by atoms with Gasteiger partial charge in [-0.1, -0.05) is 48.5 Å². The van der Waals surface area contributed by atoms with Crippen molar-refractivity contribution in [2.75, 3.05) is 0 Å². The molecular formula is C16H17NO4. The van der Waals surface area contributed by atoms with Crippen LogP contribution in [-0.2, 0) is 11.2 Å². The second-order valence-corrected chi connectivity index (χ2v) is 4.19. The maximum atomic E-state index is 10.6.